The largest absolute Gasteiger partial charge is 0.389 e. The summed E-state index contributed by atoms with van der Waals surface area (Å²) in [5, 5.41) is 22.0. The highest BCUT2D eigenvalue weighted by Crippen LogP contribution is 2.20. The minimum absolute atomic E-state index is 0.229. The predicted molar refractivity (Wildman–Crippen MR) is 67.0 cm³/mol. The molecule has 1 atom stereocenters. The van der Waals surface area contributed by atoms with Gasteiger partial charge in [-0.2, -0.15) is 5.26 Å². The molecule has 0 amide bonds. The van der Waals surface area contributed by atoms with E-state index in [2.05, 4.69) is 18.3 Å². The summed E-state index contributed by atoms with van der Waals surface area (Å²) in [7, 11) is 0. The van der Waals surface area contributed by atoms with Crippen LogP contribution in [0.3, 0.4) is 0 Å². The number of nitrogens with zero attached hydrogens (tertiary/aromatic N) is 1. The second kappa shape index (κ2) is 6.88. The van der Waals surface area contributed by atoms with Gasteiger partial charge in [-0.1, -0.05) is 13.3 Å². The van der Waals surface area contributed by atoms with Gasteiger partial charge >= 0.3 is 0 Å². The zero-order chi connectivity index (χ0) is 12.7. The van der Waals surface area contributed by atoms with Gasteiger partial charge in [0.1, 0.15) is 0 Å². The third-order valence-corrected chi connectivity index (χ3v) is 2.75. The number of hydrogen-bond acceptors (Lipinski definition) is 3. The molecule has 0 spiro atoms. The quantitative estimate of drug-likeness (QED) is 0.625. The molecule has 0 fully saturated rings. The fraction of sp³-hybridized carbons (Fsp3) is 0.923. The molecule has 3 heteroatoms. The van der Waals surface area contributed by atoms with E-state index in [9.17, 15) is 5.11 Å². The van der Waals surface area contributed by atoms with Crippen LogP contribution in [0.1, 0.15) is 53.4 Å². The molecular formula is C13H26N2O. The minimum atomic E-state index is -0.598. The molecule has 94 valence electrons. The van der Waals surface area contributed by atoms with Crippen LogP contribution in [0, 0.1) is 16.7 Å². The van der Waals surface area contributed by atoms with Crippen molar-refractivity contribution in [3.63, 3.8) is 0 Å². The summed E-state index contributed by atoms with van der Waals surface area (Å²) in [5.74, 6) is 0. The molecule has 0 aromatic rings. The zero-order valence-electron chi connectivity index (χ0n) is 11.1. The van der Waals surface area contributed by atoms with Crippen LogP contribution in [-0.4, -0.2) is 23.8 Å². The van der Waals surface area contributed by atoms with Gasteiger partial charge in [-0.15, -0.1) is 0 Å². The monoisotopic (exact) mass is 226 g/mol. The number of aliphatic hydroxyl groups is 1. The second-order valence-electron chi connectivity index (χ2n) is 5.52. The summed E-state index contributed by atoms with van der Waals surface area (Å²) in [6, 6.07) is 2.29. The topological polar surface area (TPSA) is 56.0 Å². The van der Waals surface area contributed by atoms with E-state index in [0.717, 1.165) is 32.2 Å². The standard InChI is InChI=1S/C13H26N2O/c1-5-7-13(4,16)11-15-9-6-8-12(2,3)10-14/h15-16H,5-9,11H2,1-4H3. The van der Waals surface area contributed by atoms with Crippen LogP contribution in [-0.2, 0) is 0 Å². The van der Waals surface area contributed by atoms with Gasteiger partial charge in [0, 0.05) is 6.54 Å². The van der Waals surface area contributed by atoms with E-state index >= 15 is 0 Å². The van der Waals surface area contributed by atoms with Crippen LogP contribution in [0.4, 0.5) is 0 Å². The zero-order valence-corrected chi connectivity index (χ0v) is 11.1. The fourth-order valence-corrected chi connectivity index (χ4v) is 1.70. The van der Waals surface area contributed by atoms with Crippen molar-refractivity contribution in [2.75, 3.05) is 13.1 Å². The lowest BCUT2D eigenvalue weighted by molar-refractivity contribution is 0.0501. The summed E-state index contributed by atoms with van der Waals surface area (Å²) >= 11 is 0. The maximum Gasteiger partial charge on any atom is 0.0743 e. The summed E-state index contributed by atoms with van der Waals surface area (Å²) in [6.45, 7) is 9.35. The van der Waals surface area contributed by atoms with Crippen molar-refractivity contribution in [3.05, 3.63) is 0 Å². The molecule has 0 aromatic heterocycles. The highest BCUT2D eigenvalue weighted by molar-refractivity contribution is 4.91. The molecular weight excluding hydrogens is 200 g/mol. The third kappa shape index (κ3) is 7.67. The number of nitriles is 1. The van der Waals surface area contributed by atoms with Gasteiger partial charge in [0.05, 0.1) is 17.1 Å². The lowest BCUT2D eigenvalue weighted by Crippen LogP contribution is -2.38. The molecule has 0 radical (unpaired) electrons. The molecule has 16 heavy (non-hydrogen) atoms. The molecule has 2 N–H and O–H groups in total. The first kappa shape index (κ1) is 15.4. The summed E-state index contributed by atoms with van der Waals surface area (Å²) in [5.41, 5.74) is -0.826. The number of nitrogens with one attached hydrogen (secondary N) is 1. The van der Waals surface area contributed by atoms with Crippen molar-refractivity contribution < 1.29 is 5.11 Å². The van der Waals surface area contributed by atoms with Crippen LogP contribution in [0.2, 0.25) is 0 Å². The van der Waals surface area contributed by atoms with Gasteiger partial charge in [-0.05, 0) is 46.6 Å². The Bertz CT molecular complexity index is 229. The molecule has 1 unspecified atom stereocenters. The first-order valence-electron chi connectivity index (χ1n) is 6.17. The smallest absolute Gasteiger partial charge is 0.0743 e. The van der Waals surface area contributed by atoms with E-state index in [4.69, 9.17) is 5.26 Å². The molecule has 0 saturated heterocycles. The van der Waals surface area contributed by atoms with Crippen LogP contribution in [0.25, 0.3) is 0 Å². The summed E-state index contributed by atoms with van der Waals surface area (Å²) in [6.07, 6.45) is 3.69. The highest BCUT2D eigenvalue weighted by Gasteiger charge is 2.19. The van der Waals surface area contributed by atoms with Crippen LogP contribution in [0.5, 0.6) is 0 Å². The van der Waals surface area contributed by atoms with Crippen LogP contribution < -0.4 is 5.32 Å². The lowest BCUT2D eigenvalue weighted by Gasteiger charge is -2.23. The Morgan fingerprint density at radius 1 is 1.25 bits per heavy atom. The van der Waals surface area contributed by atoms with Gasteiger partial charge < -0.3 is 10.4 Å². The third-order valence-electron chi connectivity index (χ3n) is 2.75. The van der Waals surface area contributed by atoms with Gasteiger partial charge in [0.2, 0.25) is 0 Å². The van der Waals surface area contributed by atoms with Crippen LogP contribution >= 0.6 is 0 Å². The second-order valence-corrected chi connectivity index (χ2v) is 5.52. The Kier molecular flexibility index (Phi) is 6.62. The van der Waals surface area contributed by atoms with E-state index in [-0.39, 0.29) is 5.41 Å². The van der Waals surface area contributed by atoms with E-state index in [1.165, 1.54) is 0 Å². The van der Waals surface area contributed by atoms with Crippen molar-refractivity contribution in [1.82, 2.24) is 5.32 Å². The summed E-state index contributed by atoms with van der Waals surface area (Å²) in [4.78, 5) is 0. The van der Waals surface area contributed by atoms with Gasteiger partial charge in [0.15, 0.2) is 0 Å². The van der Waals surface area contributed by atoms with E-state index in [1.54, 1.807) is 0 Å². The average molecular weight is 226 g/mol. The van der Waals surface area contributed by atoms with Crippen LogP contribution in [0.15, 0.2) is 0 Å². The first-order chi connectivity index (χ1) is 7.33. The highest BCUT2D eigenvalue weighted by atomic mass is 16.3. The fourth-order valence-electron chi connectivity index (χ4n) is 1.70. The number of hydrogen-bond donors (Lipinski definition) is 2. The van der Waals surface area contributed by atoms with Gasteiger partial charge in [0.25, 0.3) is 0 Å². The molecule has 0 heterocycles. The molecule has 0 bridgehead atoms. The van der Waals surface area contributed by atoms with Crippen molar-refractivity contribution in [2.24, 2.45) is 5.41 Å². The first-order valence-corrected chi connectivity index (χ1v) is 6.17. The molecule has 0 aromatic carbocycles. The predicted octanol–water partition coefficient (Wildman–Crippen LogP) is 2.46. The maximum absolute atomic E-state index is 9.90. The van der Waals surface area contributed by atoms with E-state index < -0.39 is 5.60 Å². The van der Waals surface area contributed by atoms with Crippen molar-refractivity contribution in [2.45, 2.75) is 59.0 Å². The average Bonchev–Trinajstić information content (AvgIpc) is 2.17. The van der Waals surface area contributed by atoms with Gasteiger partial charge in [-0.3, -0.25) is 0 Å². The van der Waals surface area contributed by atoms with Crippen molar-refractivity contribution in [1.29, 1.82) is 5.26 Å². The Labute approximate surface area is 99.9 Å². The maximum atomic E-state index is 9.90. The minimum Gasteiger partial charge on any atom is -0.389 e. The molecule has 0 aliphatic heterocycles. The molecule has 0 aliphatic rings. The Morgan fingerprint density at radius 3 is 2.38 bits per heavy atom. The Hall–Kier alpha value is -0.590. The molecule has 3 nitrogen and oxygen atoms in total. The summed E-state index contributed by atoms with van der Waals surface area (Å²) < 4.78 is 0. The normalized spacial score (nSPS) is 15.5. The SMILES string of the molecule is CCCC(C)(O)CNCCCC(C)(C)C#N. The number of rotatable bonds is 8. The van der Waals surface area contributed by atoms with Gasteiger partial charge in [-0.25, -0.2) is 0 Å². The Balaban J connectivity index is 3.59. The van der Waals surface area contributed by atoms with E-state index in [1.807, 2.05) is 20.8 Å². The lowest BCUT2D eigenvalue weighted by atomic mass is 9.90. The Morgan fingerprint density at radius 2 is 1.88 bits per heavy atom. The van der Waals surface area contributed by atoms with E-state index in [0.29, 0.717) is 6.54 Å². The van der Waals surface area contributed by atoms with Crippen molar-refractivity contribution >= 4 is 0 Å². The molecule has 0 aliphatic carbocycles. The molecule has 0 saturated carbocycles. The molecule has 0 rings (SSSR count). The van der Waals surface area contributed by atoms with Crippen molar-refractivity contribution in [3.8, 4) is 6.07 Å².